The van der Waals surface area contributed by atoms with E-state index in [1.807, 2.05) is 19.9 Å². The summed E-state index contributed by atoms with van der Waals surface area (Å²) in [5, 5.41) is 9.23. The van der Waals surface area contributed by atoms with Gasteiger partial charge in [0.15, 0.2) is 0 Å². The zero-order chi connectivity index (χ0) is 13.6. The Kier molecular flexibility index (Phi) is 2.78. The van der Waals surface area contributed by atoms with Crippen molar-refractivity contribution < 1.29 is 14.6 Å². The summed E-state index contributed by atoms with van der Waals surface area (Å²) in [6, 6.07) is 5.52. The molecule has 1 N–H and O–H groups in total. The molecular weight excluding hydrogens is 244 g/mol. The van der Waals surface area contributed by atoms with Gasteiger partial charge < -0.3 is 14.4 Å². The van der Waals surface area contributed by atoms with Crippen molar-refractivity contribution in [3.63, 3.8) is 0 Å². The molecule has 0 amide bonds. The average molecular weight is 260 g/mol. The molecule has 2 heterocycles. The summed E-state index contributed by atoms with van der Waals surface area (Å²) >= 11 is 0. The summed E-state index contributed by atoms with van der Waals surface area (Å²) in [4.78, 5) is 15.7. The highest BCUT2D eigenvalue weighted by molar-refractivity contribution is 6.01. The first-order chi connectivity index (χ1) is 9.09. The molecule has 5 nitrogen and oxygen atoms in total. The van der Waals surface area contributed by atoms with Gasteiger partial charge in [-0.25, -0.2) is 9.78 Å². The highest BCUT2D eigenvalue weighted by Crippen LogP contribution is 2.31. The van der Waals surface area contributed by atoms with Crippen LogP contribution in [0.1, 0.15) is 35.6 Å². The summed E-state index contributed by atoms with van der Waals surface area (Å²) in [7, 11) is 0. The second kappa shape index (κ2) is 4.35. The predicted molar refractivity (Wildman–Crippen MR) is 70.5 cm³/mol. The van der Waals surface area contributed by atoms with Crippen LogP contribution in [0.3, 0.4) is 0 Å². The lowest BCUT2D eigenvalue weighted by Crippen LogP contribution is -2.17. The summed E-state index contributed by atoms with van der Waals surface area (Å²) < 4.78 is 7.72. The Morgan fingerprint density at radius 3 is 2.95 bits per heavy atom. The molecular formula is C14H16N2O3. The number of ether oxygens (including phenoxy) is 1. The molecule has 2 aromatic rings. The van der Waals surface area contributed by atoms with Crippen molar-refractivity contribution in [2.45, 2.75) is 32.4 Å². The van der Waals surface area contributed by atoms with Crippen molar-refractivity contribution in [2.75, 3.05) is 6.61 Å². The van der Waals surface area contributed by atoms with E-state index < -0.39 is 5.97 Å². The fourth-order valence-electron chi connectivity index (χ4n) is 2.88. The first-order valence-corrected chi connectivity index (χ1v) is 6.42. The third-order valence-corrected chi connectivity index (χ3v) is 3.79. The number of imidazole rings is 1. The molecule has 2 atom stereocenters. The van der Waals surface area contributed by atoms with Crippen molar-refractivity contribution in [2.24, 2.45) is 0 Å². The average Bonchev–Trinajstić information content (AvgIpc) is 2.90. The van der Waals surface area contributed by atoms with E-state index in [2.05, 4.69) is 9.55 Å². The van der Waals surface area contributed by atoms with Gasteiger partial charge in [-0.1, -0.05) is 6.07 Å². The number of nitrogens with zero attached hydrogens (tertiary/aromatic N) is 2. The lowest BCUT2D eigenvalue weighted by molar-refractivity contribution is 0.0699. The fourth-order valence-corrected chi connectivity index (χ4v) is 2.88. The Labute approximate surface area is 110 Å². The normalized spacial score (nSPS) is 23.1. The zero-order valence-corrected chi connectivity index (χ0v) is 11.0. The highest BCUT2D eigenvalue weighted by Gasteiger charge is 2.29. The fraction of sp³-hybridized carbons (Fsp3) is 0.429. The number of fused-ring (bicyclic) bond motifs is 1. The van der Waals surface area contributed by atoms with E-state index in [9.17, 15) is 9.90 Å². The van der Waals surface area contributed by atoms with Gasteiger partial charge in [-0.2, -0.15) is 0 Å². The van der Waals surface area contributed by atoms with Gasteiger partial charge in [-0.15, -0.1) is 0 Å². The first-order valence-electron chi connectivity index (χ1n) is 6.42. The van der Waals surface area contributed by atoms with Crippen LogP contribution < -0.4 is 0 Å². The number of aryl methyl sites for hydroxylation is 1. The van der Waals surface area contributed by atoms with Crippen LogP contribution >= 0.6 is 0 Å². The Hall–Kier alpha value is -1.88. The third kappa shape index (κ3) is 1.81. The minimum Gasteiger partial charge on any atom is -0.478 e. The van der Waals surface area contributed by atoms with Crippen molar-refractivity contribution in [1.82, 2.24) is 9.55 Å². The molecule has 0 spiro atoms. The van der Waals surface area contributed by atoms with Gasteiger partial charge in [0, 0.05) is 6.61 Å². The Balaban J connectivity index is 2.23. The largest absolute Gasteiger partial charge is 0.478 e. The quantitative estimate of drug-likeness (QED) is 0.900. The number of hydrogen-bond acceptors (Lipinski definition) is 3. The van der Waals surface area contributed by atoms with Gasteiger partial charge in [0.25, 0.3) is 0 Å². The number of aromatic carboxylic acids is 1. The number of aromatic nitrogens is 2. The summed E-state index contributed by atoms with van der Waals surface area (Å²) in [6.45, 7) is 4.70. The molecule has 1 fully saturated rings. The zero-order valence-electron chi connectivity index (χ0n) is 11.0. The first kappa shape index (κ1) is 12.2. The third-order valence-electron chi connectivity index (χ3n) is 3.79. The number of carboxylic acids is 1. The van der Waals surface area contributed by atoms with Gasteiger partial charge in [0.05, 0.1) is 23.2 Å². The molecule has 1 aromatic heterocycles. The minimum atomic E-state index is -0.939. The van der Waals surface area contributed by atoms with Crippen molar-refractivity contribution >= 4 is 17.0 Å². The monoisotopic (exact) mass is 260 g/mol. The number of rotatable bonds is 2. The van der Waals surface area contributed by atoms with Crippen LogP contribution in [0.4, 0.5) is 0 Å². The Morgan fingerprint density at radius 1 is 1.53 bits per heavy atom. The van der Waals surface area contributed by atoms with Crippen molar-refractivity contribution in [1.29, 1.82) is 0 Å². The molecule has 100 valence electrons. The second-order valence-electron chi connectivity index (χ2n) is 4.94. The maximum atomic E-state index is 11.2. The molecule has 1 aliphatic rings. The number of hydrogen-bond donors (Lipinski definition) is 1. The molecule has 19 heavy (non-hydrogen) atoms. The molecule has 1 aromatic carbocycles. The minimum absolute atomic E-state index is 0.129. The Morgan fingerprint density at radius 2 is 2.32 bits per heavy atom. The van der Waals surface area contributed by atoms with E-state index in [4.69, 9.17) is 4.74 Å². The van der Waals surface area contributed by atoms with E-state index in [-0.39, 0.29) is 17.7 Å². The van der Waals surface area contributed by atoms with E-state index in [1.54, 1.807) is 12.1 Å². The number of carbonyl (C=O) groups is 1. The van der Waals surface area contributed by atoms with Crippen LogP contribution in [0.2, 0.25) is 0 Å². The van der Waals surface area contributed by atoms with Crippen LogP contribution in [-0.2, 0) is 4.74 Å². The lowest BCUT2D eigenvalue weighted by atomic mass is 10.1. The molecule has 0 saturated carbocycles. The lowest BCUT2D eigenvalue weighted by Gasteiger charge is -2.18. The molecule has 1 saturated heterocycles. The highest BCUT2D eigenvalue weighted by atomic mass is 16.5. The smallest absolute Gasteiger partial charge is 0.337 e. The summed E-state index contributed by atoms with van der Waals surface area (Å²) in [5.41, 5.74) is 1.69. The Bertz CT molecular complexity index is 647. The van der Waals surface area contributed by atoms with E-state index in [0.29, 0.717) is 5.52 Å². The second-order valence-corrected chi connectivity index (χ2v) is 4.94. The van der Waals surface area contributed by atoms with Crippen LogP contribution in [0.25, 0.3) is 11.0 Å². The van der Waals surface area contributed by atoms with E-state index >= 15 is 0 Å². The van der Waals surface area contributed by atoms with E-state index in [0.717, 1.165) is 24.4 Å². The van der Waals surface area contributed by atoms with Gasteiger partial charge in [-0.3, -0.25) is 0 Å². The maximum absolute atomic E-state index is 11.2. The van der Waals surface area contributed by atoms with Crippen LogP contribution in [-0.4, -0.2) is 33.3 Å². The van der Waals surface area contributed by atoms with Gasteiger partial charge in [0.2, 0.25) is 0 Å². The number of carboxylic acid groups (broad SMARTS) is 1. The van der Waals surface area contributed by atoms with Crippen LogP contribution in [0.15, 0.2) is 18.2 Å². The van der Waals surface area contributed by atoms with Crippen molar-refractivity contribution in [3.05, 3.63) is 29.6 Å². The van der Waals surface area contributed by atoms with Crippen LogP contribution in [0.5, 0.6) is 0 Å². The predicted octanol–water partition coefficient (Wildman–Crippen LogP) is 2.39. The summed E-state index contributed by atoms with van der Waals surface area (Å²) in [6.07, 6.45) is 1.06. The van der Waals surface area contributed by atoms with E-state index in [1.165, 1.54) is 0 Å². The van der Waals surface area contributed by atoms with Gasteiger partial charge in [0.1, 0.15) is 11.3 Å². The molecule has 0 bridgehead atoms. The molecule has 3 rings (SSSR count). The SMILES string of the molecule is Cc1nc2c(C(=O)O)cccc2n1C1CCOC1C. The molecule has 2 unspecified atom stereocenters. The standard InChI is InChI=1S/C14H16N2O3/c1-8-11(6-7-19-8)16-9(2)15-13-10(14(17)18)4-3-5-12(13)16/h3-5,8,11H,6-7H2,1-2H3,(H,17,18). The van der Waals surface area contributed by atoms with Gasteiger partial charge >= 0.3 is 5.97 Å². The molecule has 0 aliphatic carbocycles. The topological polar surface area (TPSA) is 64.3 Å². The molecule has 0 radical (unpaired) electrons. The number of benzene rings is 1. The summed E-state index contributed by atoms with van der Waals surface area (Å²) in [5.74, 6) is -0.1000. The molecule has 5 heteroatoms. The van der Waals surface area contributed by atoms with Crippen molar-refractivity contribution in [3.8, 4) is 0 Å². The molecule has 1 aliphatic heterocycles. The van der Waals surface area contributed by atoms with Crippen LogP contribution in [0, 0.1) is 6.92 Å². The van der Waals surface area contributed by atoms with Gasteiger partial charge in [-0.05, 0) is 32.4 Å². The maximum Gasteiger partial charge on any atom is 0.337 e. The number of para-hydroxylation sites is 1.